The van der Waals surface area contributed by atoms with Gasteiger partial charge in [-0.15, -0.1) is 35.3 Å². The number of ether oxygens (including phenoxy) is 1. The first-order valence-electron chi connectivity index (χ1n) is 9.16. The van der Waals surface area contributed by atoms with Crippen LogP contribution in [0.25, 0.3) is 0 Å². The number of hydrogen-bond acceptors (Lipinski definition) is 4. The molecule has 1 N–H and O–H groups in total. The van der Waals surface area contributed by atoms with E-state index >= 15 is 0 Å². The Morgan fingerprint density at radius 2 is 2.07 bits per heavy atom. The van der Waals surface area contributed by atoms with Crippen LogP contribution in [0.4, 0.5) is 0 Å². The summed E-state index contributed by atoms with van der Waals surface area (Å²) in [4.78, 5) is 11.4. The molecule has 5 nitrogen and oxygen atoms in total. The SMILES string of the molecule is CCNC(=NCCCCc1nc(C)cs1)N(C)Cc1ccccc1OC.I. The Bertz CT molecular complexity index is 705. The maximum absolute atomic E-state index is 5.45. The van der Waals surface area contributed by atoms with Crippen LogP contribution in [0.15, 0.2) is 34.6 Å². The molecule has 0 fully saturated rings. The van der Waals surface area contributed by atoms with Gasteiger partial charge in [0.05, 0.1) is 12.1 Å². The number of para-hydroxylation sites is 1. The number of guanidine groups is 1. The van der Waals surface area contributed by atoms with Crippen LogP contribution in [0.1, 0.15) is 36.0 Å². The molecule has 0 amide bonds. The van der Waals surface area contributed by atoms with Gasteiger partial charge in [-0.05, 0) is 39.2 Å². The standard InChI is InChI=1S/C20H30N4OS.HI/c1-5-21-20(22-13-9-8-12-19-23-16(2)15-26-19)24(3)14-17-10-6-7-11-18(17)25-4;/h6-7,10-11,15H,5,8-9,12-14H2,1-4H3,(H,21,22);1H. The van der Waals surface area contributed by atoms with E-state index < -0.39 is 0 Å². The number of rotatable bonds is 9. The van der Waals surface area contributed by atoms with Gasteiger partial charge in [-0.1, -0.05) is 18.2 Å². The van der Waals surface area contributed by atoms with E-state index in [1.165, 1.54) is 5.01 Å². The summed E-state index contributed by atoms with van der Waals surface area (Å²) in [7, 11) is 3.77. The van der Waals surface area contributed by atoms with Gasteiger partial charge in [-0.25, -0.2) is 4.98 Å². The lowest BCUT2D eigenvalue weighted by molar-refractivity contribution is 0.396. The minimum absolute atomic E-state index is 0. The average molecular weight is 502 g/mol. The van der Waals surface area contributed by atoms with E-state index in [1.54, 1.807) is 18.4 Å². The molecule has 150 valence electrons. The van der Waals surface area contributed by atoms with Crippen molar-refractivity contribution >= 4 is 41.3 Å². The van der Waals surface area contributed by atoms with Gasteiger partial charge in [0.15, 0.2) is 5.96 Å². The van der Waals surface area contributed by atoms with Crippen molar-refractivity contribution in [1.29, 1.82) is 0 Å². The van der Waals surface area contributed by atoms with Crippen LogP contribution in [0.2, 0.25) is 0 Å². The third-order valence-electron chi connectivity index (χ3n) is 4.02. The quantitative estimate of drug-likeness (QED) is 0.238. The highest BCUT2D eigenvalue weighted by molar-refractivity contribution is 14.0. The number of methoxy groups -OCH3 is 1. The largest absolute Gasteiger partial charge is 0.496 e. The van der Waals surface area contributed by atoms with Crippen LogP contribution in [-0.4, -0.2) is 43.1 Å². The molecule has 0 aliphatic heterocycles. The fourth-order valence-corrected chi connectivity index (χ4v) is 3.54. The zero-order valence-electron chi connectivity index (χ0n) is 16.7. The number of unbranched alkanes of at least 4 members (excludes halogenated alkanes) is 1. The molecule has 0 saturated carbocycles. The molecule has 7 heteroatoms. The molecule has 1 aromatic heterocycles. The Morgan fingerprint density at radius 1 is 1.30 bits per heavy atom. The lowest BCUT2D eigenvalue weighted by Gasteiger charge is -2.23. The van der Waals surface area contributed by atoms with Crippen LogP contribution in [0, 0.1) is 6.92 Å². The van der Waals surface area contributed by atoms with Crippen molar-refractivity contribution in [3.05, 3.63) is 45.9 Å². The highest BCUT2D eigenvalue weighted by Gasteiger charge is 2.09. The summed E-state index contributed by atoms with van der Waals surface area (Å²) < 4.78 is 5.45. The van der Waals surface area contributed by atoms with Crippen LogP contribution < -0.4 is 10.1 Å². The van der Waals surface area contributed by atoms with Crippen molar-refractivity contribution in [3.8, 4) is 5.75 Å². The Morgan fingerprint density at radius 3 is 2.74 bits per heavy atom. The van der Waals surface area contributed by atoms with E-state index in [0.717, 1.165) is 61.9 Å². The predicted octanol–water partition coefficient (Wildman–Crippen LogP) is 4.50. The highest BCUT2D eigenvalue weighted by atomic mass is 127. The Kier molecular flexibility index (Phi) is 11.3. The minimum Gasteiger partial charge on any atom is -0.496 e. The van der Waals surface area contributed by atoms with Gasteiger partial charge >= 0.3 is 0 Å². The first kappa shape index (κ1) is 23.7. The summed E-state index contributed by atoms with van der Waals surface area (Å²) in [6.45, 7) is 6.58. The van der Waals surface area contributed by atoms with Crippen molar-refractivity contribution in [2.24, 2.45) is 4.99 Å². The fourth-order valence-electron chi connectivity index (χ4n) is 2.72. The predicted molar refractivity (Wildman–Crippen MR) is 126 cm³/mol. The lowest BCUT2D eigenvalue weighted by Crippen LogP contribution is -2.38. The molecule has 0 aliphatic rings. The van der Waals surface area contributed by atoms with Crippen molar-refractivity contribution in [2.45, 2.75) is 39.7 Å². The van der Waals surface area contributed by atoms with E-state index in [9.17, 15) is 0 Å². The molecule has 0 aliphatic carbocycles. The highest BCUT2D eigenvalue weighted by Crippen LogP contribution is 2.18. The molecule has 0 unspecified atom stereocenters. The average Bonchev–Trinajstić information content (AvgIpc) is 3.06. The number of benzene rings is 1. The Hall–Kier alpha value is -1.35. The first-order valence-corrected chi connectivity index (χ1v) is 10.0. The second kappa shape index (κ2) is 12.9. The van der Waals surface area contributed by atoms with Crippen molar-refractivity contribution in [3.63, 3.8) is 0 Å². The first-order chi connectivity index (χ1) is 12.6. The minimum atomic E-state index is 0. The maximum Gasteiger partial charge on any atom is 0.193 e. The second-order valence-corrected chi connectivity index (χ2v) is 7.19. The normalized spacial score (nSPS) is 11.0. The monoisotopic (exact) mass is 502 g/mol. The molecule has 1 aromatic carbocycles. The van der Waals surface area contributed by atoms with Crippen molar-refractivity contribution < 1.29 is 4.74 Å². The summed E-state index contributed by atoms with van der Waals surface area (Å²) in [6, 6.07) is 8.12. The molecular weight excluding hydrogens is 471 g/mol. The van der Waals surface area contributed by atoms with E-state index in [-0.39, 0.29) is 24.0 Å². The molecule has 2 aromatic rings. The summed E-state index contributed by atoms with van der Waals surface area (Å²) in [6.07, 6.45) is 3.23. The molecule has 0 spiro atoms. The zero-order chi connectivity index (χ0) is 18.8. The van der Waals surface area contributed by atoms with Gasteiger partial charge in [0, 0.05) is 43.3 Å². The summed E-state index contributed by atoms with van der Waals surface area (Å²) in [5.74, 6) is 1.84. The number of nitrogens with one attached hydrogen (secondary N) is 1. The molecule has 27 heavy (non-hydrogen) atoms. The van der Waals surface area contributed by atoms with Gasteiger partial charge in [-0.3, -0.25) is 4.99 Å². The van der Waals surface area contributed by atoms with E-state index in [0.29, 0.717) is 0 Å². The molecule has 0 saturated heterocycles. The van der Waals surface area contributed by atoms with E-state index in [4.69, 9.17) is 9.73 Å². The van der Waals surface area contributed by atoms with Crippen LogP contribution in [-0.2, 0) is 13.0 Å². The zero-order valence-corrected chi connectivity index (χ0v) is 19.8. The topological polar surface area (TPSA) is 49.8 Å². The number of thiazole rings is 1. The molecule has 0 radical (unpaired) electrons. The number of aryl methyl sites for hydroxylation is 2. The number of aromatic nitrogens is 1. The van der Waals surface area contributed by atoms with Crippen molar-refractivity contribution in [2.75, 3.05) is 27.2 Å². The van der Waals surface area contributed by atoms with Crippen LogP contribution >= 0.6 is 35.3 Å². The van der Waals surface area contributed by atoms with Gasteiger partial charge in [0.1, 0.15) is 5.75 Å². The lowest BCUT2D eigenvalue weighted by atomic mass is 10.2. The van der Waals surface area contributed by atoms with Crippen LogP contribution in [0.5, 0.6) is 5.75 Å². The van der Waals surface area contributed by atoms with Gasteiger partial charge in [0.2, 0.25) is 0 Å². The number of halogens is 1. The second-order valence-electron chi connectivity index (χ2n) is 6.24. The van der Waals surface area contributed by atoms with E-state index in [2.05, 4.69) is 40.6 Å². The maximum atomic E-state index is 5.45. The summed E-state index contributed by atoms with van der Waals surface area (Å²) >= 11 is 1.75. The fraction of sp³-hybridized carbons (Fsp3) is 0.500. The molecule has 0 bridgehead atoms. The Balaban J connectivity index is 0.00000364. The number of nitrogens with zero attached hydrogens (tertiary/aromatic N) is 3. The number of aliphatic imine (C=N–C) groups is 1. The Labute approximate surface area is 184 Å². The third kappa shape index (κ3) is 8.04. The van der Waals surface area contributed by atoms with Gasteiger partial charge in [0.25, 0.3) is 0 Å². The molecule has 2 rings (SSSR count). The van der Waals surface area contributed by atoms with E-state index in [1.807, 2.05) is 25.1 Å². The van der Waals surface area contributed by atoms with Gasteiger partial charge in [-0.2, -0.15) is 0 Å². The van der Waals surface area contributed by atoms with Gasteiger partial charge < -0.3 is 15.0 Å². The summed E-state index contributed by atoms with van der Waals surface area (Å²) in [5.41, 5.74) is 2.28. The molecule has 1 heterocycles. The van der Waals surface area contributed by atoms with Crippen LogP contribution in [0.3, 0.4) is 0 Å². The smallest absolute Gasteiger partial charge is 0.193 e. The number of hydrogen-bond donors (Lipinski definition) is 1. The summed E-state index contributed by atoms with van der Waals surface area (Å²) in [5, 5.41) is 6.72. The molecule has 0 atom stereocenters. The molecular formula is C20H31IN4OS. The van der Waals surface area contributed by atoms with Crippen molar-refractivity contribution in [1.82, 2.24) is 15.2 Å². The third-order valence-corrected chi connectivity index (χ3v) is 5.05.